The average molecular weight is 184 g/mol. The van der Waals surface area contributed by atoms with Crippen molar-refractivity contribution < 1.29 is 4.79 Å². The van der Waals surface area contributed by atoms with Gasteiger partial charge in [-0.15, -0.1) is 0 Å². The Bertz CT molecular complexity index is 222. The van der Waals surface area contributed by atoms with E-state index in [4.69, 9.17) is 11.5 Å². The third-order valence-corrected chi connectivity index (χ3v) is 2.35. The highest BCUT2D eigenvalue weighted by Gasteiger charge is 2.28. The van der Waals surface area contributed by atoms with E-state index in [-0.39, 0.29) is 23.8 Å². The van der Waals surface area contributed by atoms with Gasteiger partial charge in [-0.05, 0) is 19.3 Å². The van der Waals surface area contributed by atoms with E-state index in [9.17, 15) is 4.79 Å². The monoisotopic (exact) mass is 184 g/mol. The summed E-state index contributed by atoms with van der Waals surface area (Å²) in [6.45, 7) is 0. The number of carbonyl (C=O) groups excluding carboxylic acids is 1. The molecule has 1 rings (SSSR count). The highest BCUT2D eigenvalue weighted by molar-refractivity contribution is 5.79. The van der Waals surface area contributed by atoms with Gasteiger partial charge in [-0.2, -0.15) is 0 Å². The molecule has 1 saturated carbocycles. The van der Waals surface area contributed by atoms with E-state index in [0.29, 0.717) is 0 Å². The molecule has 1 aliphatic rings. The van der Waals surface area contributed by atoms with Crippen molar-refractivity contribution in [2.75, 3.05) is 7.05 Å². The minimum Gasteiger partial charge on any atom is -0.370 e. The fraction of sp³-hybridized carbons (Fsp3) is 0.750. The Labute approximate surface area is 77.6 Å². The predicted octanol–water partition coefficient (Wildman–Crippen LogP) is -0.825. The molecule has 1 amide bonds. The van der Waals surface area contributed by atoms with Gasteiger partial charge >= 0.3 is 0 Å². The van der Waals surface area contributed by atoms with E-state index >= 15 is 0 Å². The zero-order valence-electron chi connectivity index (χ0n) is 7.79. The summed E-state index contributed by atoms with van der Waals surface area (Å²) in [4.78, 5) is 15.3. The van der Waals surface area contributed by atoms with Gasteiger partial charge < -0.3 is 16.8 Å². The van der Waals surface area contributed by atoms with Crippen LogP contribution < -0.4 is 16.8 Å². The van der Waals surface area contributed by atoms with Crippen LogP contribution in [0, 0.1) is 5.92 Å². The molecule has 0 aliphatic heterocycles. The van der Waals surface area contributed by atoms with Crippen LogP contribution in [0.5, 0.6) is 0 Å². The average Bonchev–Trinajstić information content (AvgIpc) is 2.50. The number of aliphatic imine (C=N–C) groups is 1. The van der Waals surface area contributed by atoms with Crippen molar-refractivity contribution in [3.05, 3.63) is 0 Å². The SMILES string of the molecule is CNC(=O)[C@@H]1CC[C@H](N=C(N)N)C1. The lowest BCUT2D eigenvalue weighted by Crippen LogP contribution is -2.27. The van der Waals surface area contributed by atoms with Crippen molar-refractivity contribution >= 4 is 11.9 Å². The number of carbonyl (C=O) groups is 1. The summed E-state index contributed by atoms with van der Waals surface area (Å²) in [5.74, 6) is 0.286. The topological polar surface area (TPSA) is 93.5 Å². The molecule has 5 heteroatoms. The van der Waals surface area contributed by atoms with Crippen molar-refractivity contribution in [3.8, 4) is 0 Å². The van der Waals surface area contributed by atoms with Crippen LogP contribution in [0.1, 0.15) is 19.3 Å². The number of hydrogen-bond acceptors (Lipinski definition) is 2. The van der Waals surface area contributed by atoms with Crippen molar-refractivity contribution in [2.24, 2.45) is 22.4 Å². The summed E-state index contributed by atoms with van der Waals surface area (Å²) >= 11 is 0. The maximum absolute atomic E-state index is 11.2. The summed E-state index contributed by atoms with van der Waals surface area (Å²) in [6.07, 6.45) is 2.54. The molecule has 0 spiro atoms. The van der Waals surface area contributed by atoms with Gasteiger partial charge in [-0.25, -0.2) is 0 Å². The number of nitrogens with one attached hydrogen (secondary N) is 1. The lowest BCUT2D eigenvalue weighted by Gasteiger charge is -2.06. The van der Waals surface area contributed by atoms with Crippen LogP contribution in [0.2, 0.25) is 0 Å². The van der Waals surface area contributed by atoms with Gasteiger partial charge in [0.2, 0.25) is 5.91 Å². The quantitative estimate of drug-likeness (QED) is 0.386. The maximum Gasteiger partial charge on any atom is 0.222 e. The van der Waals surface area contributed by atoms with Gasteiger partial charge in [0, 0.05) is 13.0 Å². The highest BCUT2D eigenvalue weighted by Crippen LogP contribution is 2.27. The molecule has 0 heterocycles. The number of amides is 1. The largest absolute Gasteiger partial charge is 0.370 e. The first kappa shape index (κ1) is 9.83. The molecule has 0 aromatic heterocycles. The Morgan fingerprint density at radius 2 is 2.15 bits per heavy atom. The van der Waals surface area contributed by atoms with E-state index in [0.717, 1.165) is 19.3 Å². The lowest BCUT2D eigenvalue weighted by atomic mass is 10.1. The molecule has 0 saturated heterocycles. The molecule has 1 fully saturated rings. The fourth-order valence-corrected chi connectivity index (χ4v) is 1.73. The predicted molar refractivity (Wildman–Crippen MR) is 51.0 cm³/mol. The molecule has 5 N–H and O–H groups in total. The molecular weight excluding hydrogens is 168 g/mol. The molecule has 0 bridgehead atoms. The summed E-state index contributed by atoms with van der Waals surface area (Å²) in [5.41, 5.74) is 10.5. The highest BCUT2D eigenvalue weighted by atomic mass is 16.1. The lowest BCUT2D eigenvalue weighted by molar-refractivity contribution is -0.124. The van der Waals surface area contributed by atoms with Crippen LogP contribution in [0.3, 0.4) is 0 Å². The zero-order chi connectivity index (χ0) is 9.84. The van der Waals surface area contributed by atoms with Crippen LogP contribution in [0.15, 0.2) is 4.99 Å². The second-order valence-electron chi connectivity index (χ2n) is 3.33. The number of guanidine groups is 1. The number of hydrogen-bond donors (Lipinski definition) is 3. The summed E-state index contributed by atoms with van der Waals surface area (Å²) in [6, 6.07) is 0.132. The number of nitrogens with two attached hydrogens (primary N) is 2. The van der Waals surface area contributed by atoms with Crippen molar-refractivity contribution in [1.82, 2.24) is 5.32 Å². The minimum absolute atomic E-state index is 0.0816. The Kier molecular flexibility index (Phi) is 3.11. The first-order chi connectivity index (χ1) is 6.13. The Hall–Kier alpha value is -1.26. The van der Waals surface area contributed by atoms with Gasteiger partial charge in [0.25, 0.3) is 0 Å². The van der Waals surface area contributed by atoms with Gasteiger partial charge in [0.1, 0.15) is 0 Å². The fourth-order valence-electron chi connectivity index (χ4n) is 1.73. The number of rotatable bonds is 2. The Morgan fingerprint density at radius 3 is 2.69 bits per heavy atom. The molecule has 74 valence electrons. The molecule has 0 unspecified atom stereocenters. The van der Waals surface area contributed by atoms with Crippen LogP contribution >= 0.6 is 0 Å². The molecule has 5 nitrogen and oxygen atoms in total. The molecule has 0 radical (unpaired) electrons. The molecule has 0 aromatic carbocycles. The van der Waals surface area contributed by atoms with Gasteiger partial charge in [0.15, 0.2) is 5.96 Å². The van der Waals surface area contributed by atoms with Crippen molar-refractivity contribution in [3.63, 3.8) is 0 Å². The minimum atomic E-state index is 0.0816. The summed E-state index contributed by atoms with van der Waals surface area (Å²) < 4.78 is 0. The van der Waals surface area contributed by atoms with Gasteiger partial charge in [0.05, 0.1) is 6.04 Å². The summed E-state index contributed by atoms with van der Waals surface area (Å²) in [5, 5.41) is 2.63. The van der Waals surface area contributed by atoms with Crippen LogP contribution in [0.25, 0.3) is 0 Å². The summed E-state index contributed by atoms with van der Waals surface area (Å²) in [7, 11) is 1.65. The first-order valence-corrected chi connectivity index (χ1v) is 4.43. The number of nitrogens with zero attached hydrogens (tertiary/aromatic N) is 1. The van der Waals surface area contributed by atoms with Crippen molar-refractivity contribution in [2.45, 2.75) is 25.3 Å². The molecule has 2 atom stereocenters. The molecule has 1 aliphatic carbocycles. The smallest absolute Gasteiger partial charge is 0.222 e. The van der Waals surface area contributed by atoms with E-state index in [1.165, 1.54) is 0 Å². The second kappa shape index (κ2) is 4.11. The van der Waals surface area contributed by atoms with E-state index in [1.807, 2.05) is 0 Å². The van der Waals surface area contributed by atoms with E-state index in [2.05, 4.69) is 10.3 Å². The first-order valence-electron chi connectivity index (χ1n) is 4.43. The standard InChI is InChI=1S/C8H16N4O/c1-11-7(13)5-2-3-6(4-5)12-8(9)10/h5-6H,2-4H2,1H3,(H,11,13)(H4,9,10,12)/t5-,6+/m1/s1. The second-order valence-corrected chi connectivity index (χ2v) is 3.33. The third-order valence-electron chi connectivity index (χ3n) is 2.35. The third kappa shape index (κ3) is 2.61. The van der Waals surface area contributed by atoms with E-state index in [1.54, 1.807) is 7.05 Å². The van der Waals surface area contributed by atoms with Crippen LogP contribution in [0.4, 0.5) is 0 Å². The van der Waals surface area contributed by atoms with Crippen LogP contribution in [-0.2, 0) is 4.79 Å². The van der Waals surface area contributed by atoms with Crippen molar-refractivity contribution in [1.29, 1.82) is 0 Å². The van der Waals surface area contributed by atoms with Crippen LogP contribution in [-0.4, -0.2) is 25.0 Å². The van der Waals surface area contributed by atoms with Gasteiger partial charge in [-0.3, -0.25) is 9.79 Å². The van der Waals surface area contributed by atoms with E-state index < -0.39 is 0 Å². The normalized spacial score (nSPS) is 26.8. The maximum atomic E-state index is 11.2. The zero-order valence-corrected chi connectivity index (χ0v) is 7.79. The molecule has 13 heavy (non-hydrogen) atoms. The Morgan fingerprint density at radius 1 is 1.46 bits per heavy atom. The molecular formula is C8H16N4O. The van der Waals surface area contributed by atoms with Gasteiger partial charge in [-0.1, -0.05) is 0 Å². The Balaban J connectivity index is 2.45. The molecule has 0 aromatic rings.